The van der Waals surface area contributed by atoms with Crippen LogP contribution in [-0.4, -0.2) is 20.2 Å². The predicted octanol–water partition coefficient (Wildman–Crippen LogP) is 1.91. The monoisotopic (exact) mass is 163 g/mol. The number of methoxy groups -OCH3 is 1. The molecular weight excluding hydrogens is 150 g/mol. The van der Waals surface area contributed by atoms with E-state index >= 15 is 0 Å². The lowest BCUT2D eigenvalue weighted by molar-refractivity contribution is 0.414. The number of benzene rings is 1. The van der Waals surface area contributed by atoms with Crippen LogP contribution in [0.4, 0.5) is 5.69 Å². The fourth-order valence-electron chi connectivity index (χ4n) is 1.37. The van der Waals surface area contributed by atoms with Crippen molar-refractivity contribution in [2.24, 2.45) is 0 Å². The summed E-state index contributed by atoms with van der Waals surface area (Å²) in [6, 6.07) is 8.23. The highest BCUT2D eigenvalue weighted by Gasteiger charge is 2.13. The lowest BCUT2D eigenvalue weighted by Gasteiger charge is -2.33. The summed E-state index contributed by atoms with van der Waals surface area (Å²) in [7, 11) is 1.69. The van der Waals surface area contributed by atoms with Crippen molar-refractivity contribution in [1.82, 2.24) is 0 Å². The van der Waals surface area contributed by atoms with Crippen LogP contribution in [0.3, 0.4) is 0 Å². The van der Waals surface area contributed by atoms with Gasteiger partial charge in [0.2, 0.25) is 0 Å². The molecule has 0 aliphatic carbocycles. The average molecular weight is 163 g/mol. The second-order valence-electron chi connectivity index (χ2n) is 3.04. The number of ether oxygens (including phenoxy) is 1. The molecule has 2 nitrogen and oxygen atoms in total. The van der Waals surface area contributed by atoms with Gasteiger partial charge < -0.3 is 9.64 Å². The predicted molar refractivity (Wildman–Crippen MR) is 49.8 cm³/mol. The highest BCUT2D eigenvalue weighted by molar-refractivity contribution is 5.50. The Morgan fingerprint density at radius 1 is 1.17 bits per heavy atom. The molecule has 12 heavy (non-hydrogen) atoms. The molecule has 0 bridgehead atoms. The maximum atomic E-state index is 5.08. The summed E-state index contributed by atoms with van der Waals surface area (Å²) in [5, 5.41) is 0. The third-order valence-electron chi connectivity index (χ3n) is 2.29. The highest BCUT2D eigenvalue weighted by Crippen LogP contribution is 2.22. The molecule has 0 aromatic heterocycles. The van der Waals surface area contributed by atoms with E-state index in [4.69, 9.17) is 4.74 Å². The average Bonchev–Trinajstić information content (AvgIpc) is 2.03. The van der Waals surface area contributed by atoms with Crippen LogP contribution >= 0.6 is 0 Å². The lowest BCUT2D eigenvalue weighted by atomic mass is 10.2. The molecule has 0 radical (unpaired) electrons. The molecule has 1 saturated heterocycles. The van der Waals surface area contributed by atoms with Gasteiger partial charge in [0, 0.05) is 18.8 Å². The van der Waals surface area contributed by atoms with Crippen molar-refractivity contribution >= 4 is 5.69 Å². The number of nitrogens with zero attached hydrogens (tertiary/aromatic N) is 1. The standard InChI is InChI=1S/C10H13NO/c1-12-10-5-3-9(4-6-10)11-7-2-8-11/h3-6H,2,7-8H2,1H3. The number of hydrogen-bond acceptors (Lipinski definition) is 2. The van der Waals surface area contributed by atoms with Crippen molar-refractivity contribution in [2.45, 2.75) is 6.42 Å². The molecule has 1 fully saturated rings. The molecule has 0 unspecified atom stereocenters. The van der Waals surface area contributed by atoms with Gasteiger partial charge in [-0.05, 0) is 30.7 Å². The summed E-state index contributed by atoms with van der Waals surface area (Å²) in [5.74, 6) is 0.930. The summed E-state index contributed by atoms with van der Waals surface area (Å²) in [5.41, 5.74) is 1.31. The Balaban J connectivity index is 2.13. The van der Waals surface area contributed by atoms with Crippen LogP contribution in [0.15, 0.2) is 24.3 Å². The van der Waals surface area contributed by atoms with E-state index in [1.807, 2.05) is 12.1 Å². The normalized spacial score (nSPS) is 15.6. The Hall–Kier alpha value is -1.18. The second kappa shape index (κ2) is 3.05. The van der Waals surface area contributed by atoms with Crippen LogP contribution in [0.5, 0.6) is 5.75 Å². The van der Waals surface area contributed by atoms with Gasteiger partial charge in [-0.15, -0.1) is 0 Å². The van der Waals surface area contributed by atoms with Gasteiger partial charge >= 0.3 is 0 Å². The number of anilines is 1. The van der Waals surface area contributed by atoms with E-state index in [2.05, 4.69) is 17.0 Å². The van der Waals surface area contributed by atoms with E-state index in [9.17, 15) is 0 Å². The first-order valence-corrected chi connectivity index (χ1v) is 4.29. The second-order valence-corrected chi connectivity index (χ2v) is 3.04. The first-order valence-electron chi connectivity index (χ1n) is 4.29. The zero-order valence-corrected chi connectivity index (χ0v) is 7.29. The van der Waals surface area contributed by atoms with Gasteiger partial charge in [0.1, 0.15) is 5.75 Å². The van der Waals surface area contributed by atoms with Gasteiger partial charge in [-0.2, -0.15) is 0 Å². The topological polar surface area (TPSA) is 12.5 Å². The van der Waals surface area contributed by atoms with Crippen molar-refractivity contribution in [3.8, 4) is 5.75 Å². The zero-order chi connectivity index (χ0) is 8.39. The molecule has 0 spiro atoms. The van der Waals surface area contributed by atoms with Crippen molar-refractivity contribution in [3.63, 3.8) is 0 Å². The maximum absolute atomic E-state index is 5.08. The summed E-state index contributed by atoms with van der Waals surface area (Å²) in [6.07, 6.45) is 1.33. The van der Waals surface area contributed by atoms with Gasteiger partial charge in [-0.25, -0.2) is 0 Å². The fourth-order valence-corrected chi connectivity index (χ4v) is 1.37. The summed E-state index contributed by atoms with van der Waals surface area (Å²) < 4.78 is 5.08. The first-order chi connectivity index (χ1) is 5.90. The van der Waals surface area contributed by atoms with Crippen LogP contribution in [0.2, 0.25) is 0 Å². The molecule has 1 aliphatic heterocycles. The maximum Gasteiger partial charge on any atom is 0.119 e. The molecule has 2 heteroatoms. The molecule has 1 aromatic rings. The molecular formula is C10H13NO. The van der Waals surface area contributed by atoms with Crippen molar-refractivity contribution in [2.75, 3.05) is 25.1 Å². The zero-order valence-electron chi connectivity index (χ0n) is 7.29. The third kappa shape index (κ3) is 1.24. The highest BCUT2D eigenvalue weighted by atomic mass is 16.5. The van der Waals surface area contributed by atoms with Gasteiger partial charge in [0.05, 0.1) is 7.11 Å². The smallest absolute Gasteiger partial charge is 0.119 e. The van der Waals surface area contributed by atoms with E-state index in [0.29, 0.717) is 0 Å². The van der Waals surface area contributed by atoms with E-state index < -0.39 is 0 Å². The van der Waals surface area contributed by atoms with Gasteiger partial charge in [0.25, 0.3) is 0 Å². The summed E-state index contributed by atoms with van der Waals surface area (Å²) >= 11 is 0. The lowest BCUT2D eigenvalue weighted by Crippen LogP contribution is -2.36. The fraction of sp³-hybridized carbons (Fsp3) is 0.400. The van der Waals surface area contributed by atoms with Crippen LogP contribution in [0, 0.1) is 0 Å². The quantitative estimate of drug-likeness (QED) is 0.660. The molecule has 0 saturated carbocycles. The van der Waals surface area contributed by atoms with Crippen molar-refractivity contribution < 1.29 is 4.74 Å². The first kappa shape index (κ1) is 7.47. The van der Waals surface area contributed by atoms with Crippen LogP contribution in [0.1, 0.15) is 6.42 Å². The van der Waals surface area contributed by atoms with E-state index in [-0.39, 0.29) is 0 Å². The molecule has 1 aromatic carbocycles. The Morgan fingerprint density at radius 3 is 2.25 bits per heavy atom. The molecule has 0 atom stereocenters. The van der Waals surface area contributed by atoms with Crippen LogP contribution in [0.25, 0.3) is 0 Å². The molecule has 0 amide bonds. The van der Waals surface area contributed by atoms with E-state index in [1.54, 1.807) is 7.11 Å². The SMILES string of the molecule is COc1ccc(N2CCC2)cc1. The summed E-state index contributed by atoms with van der Waals surface area (Å²) in [4.78, 5) is 2.36. The Bertz CT molecular complexity index is 251. The number of rotatable bonds is 2. The Kier molecular flexibility index (Phi) is 1.90. The van der Waals surface area contributed by atoms with E-state index in [0.717, 1.165) is 5.75 Å². The third-order valence-corrected chi connectivity index (χ3v) is 2.29. The van der Waals surface area contributed by atoms with Gasteiger partial charge in [-0.1, -0.05) is 0 Å². The summed E-state index contributed by atoms with van der Waals surface area (Å²) in [6.45, 7) is 2.40. The Morgan fingerprint density at radius 2 is 1.83 bits per heavy atom. The van der Waals surface area contributed by atoms with Gasteiger partial charge in [0.15, 0.2) is 0 Å². The minimum atomic E-state index is 0.930. The van der Waals surface area contributed by atoms with Crippen LogP contribution in [-0.2, 0) is 0 Å². The largest absolute Gasteiger partial charge is 0.497 e. The number of hydrogen-bond donors (Lipinski definition) is 0. The Labute approximate surface area is 72.8 Å². The molecule has 1 aliphatic rings. The molecule has 64 valence electrons. The van der Waals surface area contributed by atoms with Crippen molar-refractivity contribution in [1.29, 1.82) is 0 Å². The van der Waals surface area contributed by atoms with Crippen LogP contribution < -0.4 is 9.64 Å². The minimum absolute atomic E-state index is 0.930. The van der Waals surface area contributed by atoms with Crippen molar-refractivity contribution in [3.05, 3.63) is 24.3 Å². The van der Waals surface area contributed by atoms with E-state index in [1.165, 1.54) is 25.2 Å². The van der Waals surface area contributed by atoms with Gasteiger partial charge in [-0.3, -0.25) is 0 Å². The minimum Gasteiger partial charge on any atom is -0.497 e. The molecule has 0 N–H and O–H groups in total. The molecule has 1 heterocycles. The molecule has 2 rings (SSSR count).